The van der Waals surface area contributed by atoms with E-state index < -0.39 is 5.54 Å². The molecule has 0 aromatic carbocycles. The van der Waals surface area contributed by atoms with Crippen molar-refractivity contribution in [2.24, 2.45) is 0 Å². The van der Waals surface area contributed by atoms with Crippen molar-refractivity contribution < 1.29 is 9.90 Å². The van der Waals surface area contributed by atoms with E-state index in [1.165, 1.54) is 0 Å². The van der Waals surface area contributed by atoms with Gasteiger partial charge in [-0.15, -0.1) is 0 Å². The van der Waals surface area contributed by atoms with Crippen molar-refractivity contribution in [1.82, 2.24) is 15.3 Å². The van der Waals surface area contributed by atoms with E-state index in [9.17, 15) is 9.90 Å². The number of rotatable bonds is 5. The maximum atomic E-state index is 12.4. The minimum atomic E-state index is -0.602. The molecule has 0 aliphatic rings. The summed E-state index contributed by atoms with van der Waals surface area (Å²) in [6, 6.07) is 1.85. The molecule has 3 N–H and O–H groups in total. The number of carbonyl (C=O) groups is 1. The van der Waals surface area contributed by atoms with Crippen LogP contribution in [0.25, 0.3) is 11.0 Å². The normalized spacial score (nSPS) is 14.2. The van der Waals surface area contributed by atoms with Crippen molar-refractivity contribution in [2.45, 2.75) is 32.2 Å². The number of pyridine rings is 1. The van der Waals surface area contributed by atoms with E-state index in [2.05, 4.69) is 31.2 Å². The Morgan fingerprint density at radius 2 is 2.35 bits per heavy atom. The summed E-state index contributed by atoms with van der Waals surface area (Å²) >= 11 is 3.35. The number of carbonyl (C=O) groups excluding carboxylic acids is 1. The molecule has 1 unspecified atom stereocenters. The highest BCUT2D eigenvalue weighted by Gasteiger charge is 2.26. The van der Waals surface area contributed by atoms with E-state index in [0.29, 0.717) is 11.2 Å². The van der Waals surface area contributed by atoms with Gasteiger partial charge >= 0.3 is 0 Å². The quantitative estimate of drug-likeness (QED) is 0.783. The lowest BCUT2D eigenvalue weighted by Gasteiger charge is -2.28. The second kappa shape index (κ2) is 5.93. The first-order chi connectivity index (χ1) is 9.49. The number of halogens is 1. The number of amides is 1. The fourth-order valence-corrected chi connectivity index (χ4v) is 2.57. The summed E-state index contributed by atoms with van der Waals surface area (Å²) < 4.78 is 0.817. The number of fused-ring (bicyclic) bond motifs is 1. The largest absolute Gasteiger partial charge is 0.394 e. The molecule has 0 spiro atoms. The third-order valence-corrected chi connectivity index (χ3v) is 3.74. The van der Waals surface area contributed by atoms with Crippen molar-refractivity contribution in [2.75, 3.05) is 6.61 Å². The Morgan fingerprint density at radius 3 is 3.00 bits per heavy atom. The number of aliphatic hydroxyl groups is 1. The maximum Gasteiger partial charge on any atom is 0.254 e. The Bertz CT molecular complexity index is 626. The molecule has 2 heterocycles. The number of nitrogens with one attached hydrogen (secondary N) is 2. The number of hydrogen-bond acceptors (Lipinski definition) is 3. The van der Waals surface area contributed by atoms with Crippen LogP contribution in [0.15, 0.2) is 22.9 Å². The third kappa shape index (κ3) is 3.02. The van der Waals surface area contributed by atoms with Gasteiger partial charge < -0.3 is 15.4 Å². The van der Waals surface area contributed by atoms with Crippen LogP contribution in [0.5, 0.6) is 0 Å². The van der Waals surface area contributed by atoms with Crippen molar-refractivity contribution in [1.29, 1.82) is 0 Å². The molecule has 2 aromatic rings. The van der Waals surface area contributed by atoms with E-state index in [1.807, 2.05) is 19.9 Å². The first-order valence-corrected chi connectivity index (χ1v) is 7.34. The second-order valence-electron chi connectivity index (χ2n) is 5.17. The van der Waals surface area contributed by atoms with E-state index in [1.54, 1.807) is 12.4 Å². The van der Waals surface area contributed by atoms with Gasteiger partial charge in [0.2, 0.25) is 0 Å². The van der Waals surface area contributed by atoms with Crippen LogP contribution < -0.4 is 5.32 Å². The fourth-order valence-electron chi connectivity index (χ4n) is 2.24. The van der Waals surface area contributed by atoms with Crippen molar-refractivity contribution >= 4 is 32.9 Å². The van der Waals surface area contributed by atoms with E-state index in [4.69, 9.17) is 0 Å². The molecule has 20 heavy (non-hydrogen) atoms. The van der Waals surface area contributed by atoms with Crippen LogP contribution in [-0.2, 0) is 0 Å². The summed E-state index contributed by atoms with van der Waals surface area (Å²) in [5.41, 5.74) is 0.596. The van der Waals surface area contributed by atoms with Gasteiger partial charge in [-0.1, -0.05) is 13.3 Å². The van der Waals surface area contributed by atoms with Crippen LogP contribution in [0.4, 0.5) is 0 Å². The molecule has 2 aromatic heterocycles. The zero-order valence-electron chi connectivity index (χ0n) is 11.5. The number of nitrogens with zero attached hydrogens (tertiary/aromatic N) is 1. The molecule has 6 heteroatoms. The Morgan fingerprint density at radius 1 is 1.60 bits per heavy atom. The predicted octanol–water partition coefficient (Wildman–Crippen LogP) is 2.61. The van der Waals surface area contributed by atoms with Crippen LogP contribution in [0, 0.1) is 0 Å². The highest BCUT2D eigenvalue weighted by Crippen LogP contribution is 2.21. The standard InChI is InChI=1S/C14H18BrN3O2/c1-3-4-14(2,8-19)18-13(20)11-7-17-12-10(11)5-9(15)6-16-12/h5-7,19H,3-4,8H2,1-2H3,(H,16,17)(H,18,20). The second-order valence-corrected chi connectivity index (χ2v) is 6.09. The maximum absolute atomic E-state index is 12.4. The topological polar surface area (TPSA) is 78.0 Å². The number of aromatic amines is 1. The van der Waals surface area contributed by atoms with Crippen LogP contribution in [0.2, 0.25) is 0 Å². The number of hydrogen-bond donors (Lipinski definition) is 3. The Kier molecular flexibility index (Phi) is 4.45. The lowest BCUT2D eigenvalue weighted by molar-refractivity contribution is 0.0842. The summed E-state index contributed by atoms with van der Waals surface area (Å²) in [6.07, 6.45) is 4.93. The average molecular weight is 340 g/mol. The van der Waals surface area contributed by atoms with Crippen LogP contribution in [0.3, 0.4) is 0 Å². The lowest BCUT2D eigenvalue weighted by Crippen LogP contribution is -2.48. The molecule has 5 nitrogen and oxygen atoms in total. The van der Waals surface area contributed by atoms with Gasteiger partial charge in [-0.05, 0) is 35.3 Å². The Labute approximate surface area is 125 Å². The molecule has 0 bridgehead atoms. The lowest BCUT2D eigenvalue weighted by atomic mass is 9.96. The van der Waals surface area contributed by atoms with Gasteiger partial charge in [0, 0.05) is 22.3 Å². The van der Waals surface area contributed by atoms with Gasteiger partial charge in [0.1, 0.15) is 5.65 Å². The zero-order valence-corrected chi connectivity index (χ0v) is 13.1. The minimum absolute atomic E-state index is 0.0864. The van der Waals surface area contributed by atoms with E-state index in [-0.39, 0.29) is 12.5 Å². The predicted molar refractivity (Wildman–Crippen MR) is 81.7 cm³/mol. The van der Waals surface area contributed by atoms with E-state index in [0.717, 1.165) is 22.7 Å². The molecule has 0 aliphatic heterocycles. The van der Waals surface area contributed by atoms with Crippen LogP contribution in [0.1, 0.15) is 37.0 Å². The summed E-state index contributed by atoms with van der Waals surface area (Å²) in [6.45, 7) is 3.78. The van der Waals surface area contributed by atoms with Crippen LogP contribution in [-0.4, -0.2) is 33.1 Å². The SMILES string of the molecule is CCCC(C)(CO)NC(=O)c1c[nH]c2ncc(Br)cc12. The molecule has 0 fully saturated rings. The van der Waals surface area contributed by atoms with Gasteiger partial charge in [0.05, 0.1) is 17.7 Å². The number of aromatic nitrogens is 2. The fraction of sp³-hybridized carbons (Fsp3) is 0.429. The highest BCUT2D eigenvalue weighted by atomic mass is 79.9. The smallest absolute Gasteiger partial charge is 0.254 e. The van der Waals surface area contributed by atoms with E-state index >= 15 is 0 Å². The van der Waals surface area contributed by atoms with Gasteiger partial charge in [0.25, 0.3) is 5.91 Å². The molecule has 108 valence electrons. The summed E-state index contributed by atoms with van der Waals surface area (Å²) in [7, 11) is 0. The zero-order chi connectivity index (χ0) is 14.8. The number of H-pyrrole nitrogens is 1. The van der Waals surface area contributed by atoms with Gasteiger partial charge in [-0.3, -0.25) is 4.79 Å². The summed E-state index contributed by atoms with van der Waals surface area (Å²) in [5.74, 6) is -0.207. The number of aliphatic hydroxyl groups excluding tert-OH is 1. The van der Waals surface area contributed by atoms with Crippen molar-refractivity contribution in [3.8, 4) is 0 Å². The Balaban J connectivity index is 2.29. The van der Waals surface area contributed by atoms with Gasteiger partial charge in [-0.25, -0.2) is 4.98 Å². The van der Waals surface area contributed by atoms with Crippen molar-refractivity contribution in [3.63, 3.8) is 0 Å². The summed E-state index contributed by atoms with van der Waals surface area (Å²) in [4.78, 5) is 19.6. The Hall–Kier alpha value is -1.40. The average Bonchev–Trinajstić information content (AvgIpc) is 2.81. The highest BCUT2D eigenvalue weighted by molar-refractivity contribution is 9.10. The molecule has 0 aliphatic carbocycles. The van der Waals surface area contributed by atoms with Gasteiger partial charge in [0.15, 0.2) is 0 Å². The third-order valence-electron chi connectivity index (χ3n) is 3.31. The molecular weight excluding hydrogens is 322 g/mol. The van der Waals surface area contributed by atoms with Gasteiger partial charge in [-0.2, -0.15) is 0 Å². The van der Waals surface area contributed by atoms with Crippen LogP contribution >= 0.6 is 15.9 Å². The first kappa shape index (κ1) is 15.0. The molecule has 0 saturated carbocycles. The monoisotopic (exact) mass is 339 g/mol. The molecule has 2 rings (SSSR count). The minimum Gasteiger partial charge on any atom is -0.394 e. The van der Waals surface area contributed by atoms with Crippen molar-refractivity contribution in [3.05, 3.63) is 28.5 Å². The molecule has 1 amide bonds. The summed E-state index contributed by atoms with van der Waals surface area (Å²) in [5, 5.41) is 13.1. The molecule has 0 saturated heterocycles. The molecular formula is C14H18BrN3O2. The first-order valence-electron chi connectivity index (χ1n) is 6.55. The molecule has 1 atom stereocenters. The molecule has 0 radical (unpaired) electrons.